The van der Waals surface area contributed by atoms with Gasteiger partial charge in [0.2, 0.25) is 11.8 Å². The Morgan fingerprint density at radius 1 is 0.918 bits per heavy atom. The first-order chi connectivity index (χ1) is 23.7. The summed E-state index contributed by atoms with van der Waals surface area (Å²) in [7, 11) is 3.20. The Bertz CT molecular complexity index is 1840. The molecule has 2 fully saturated rings. The summed E-state index contributed by atoms with van der Waals surface area (Å²) < 4.78 is 5.37. The third-order valence-electron chi connectivity index (χ3n) is 8.86. The molecule has 252 valence electrons. The SMILES string of the molecule is C=CCN(C(=O)NCc1ccccc1)N1CC(=O)N2[C@@H](Cc3ccc(OC(=O)N(C)C)cc3)C(=O)N(Cc3cccc4ccccc34)C[C@@H]21. The zero-order chi connectivity index (χ0) is 34.5. The molecule has 11 heteroatoms. The first-order valence-corrected chi connectivity index (χ1v) is 16.2. The zero-order valence-corrected chi connectivity index (χ0v) is 27.7. The van der Waals surface area contributed by atoms with Crippen molar-refractivity contribution in [2.75, 3.05) is 33.7 Å². The van der Waals surface area contributed by atoms with E-state index in [1.165, 1.54) is 9.91 Å². The second-order valence-electron chi connectivity index (χ2n) is 12.4. The van der Waals surface area contributed by atoms with Crippen LogP contribution in [0.2, 0.25) is 0 Å². The van der Waals surface area contributed by atoms with Crippen LogP contribution in [0.3, 0.4) is 0 Å². The molecule has 2 aliphatic rings. The van der Waals surface area contributed by atoms with E-state index in [-0.39, 0.29) is 43.9 Å². The van der Waals surface area contributed by atoms with Crippen LogP contribution in [-0.2, 0) is 29.1 Å². The van der Waals surface area contributed by atoms with Gasteiger partial charge < -0.3 is 24.8 Å². The molecule has 49 heavy (non-hydrogen) atoms. The highest BCUT2D eigenvalue weighted by Gasteiger charge is 2.52. The van der Waals surface area contributed by atoms with E-state index in [9.17, 15) is 19.2 Å². The number of urea groups is 1. The van der Waals surface area contributed by atoms with Crippen molar-refractivity contribution in [3.05, 3.63) is 126 Å². The zero-order valence-electron chi connectivity index (χ0n) is 27.7. The molecule has 11 nitrogen and oxygen atoms in total. The molecule has 2 atom stereocenters. The Kier molecular flexibility index (Phi) is 9.91. The van der Waals surface area contributed by atoms with Crippen LogP contribution in [0, 0.1) is 0 Å². The molecule has 4 aromatic carbocycles. The van der Waals surface area contributed by atoms with Crippen molar-refractivity contribution in [2.24, 2.45) is 0 Å². The third-order valence-corrected chi connectivity index (χ3v) is 8.86. The molecule has 2 saturated heterocycles. The van der Waals surface area contributed by atoms with E-state index in [1.807, 2.05) is 72.8 Å². The number of hydrogen-bond donors (Lipinski definition) is 1. The summed E-state index contributed by atoms with van der Waals surface area (Å²) in [6.45, 7) is 4.84. The van der Waals surface area contributed by atoms with Gasteiger partial charge in [0.05, 0.1) is 19.6 Å². The quantitative estimate of drug-likeness (QED) is 0.249. The maximum atomic E-state index is 14.4. The van der Waals surface area contributed by atoms with Gasteiger partial charge >= 0.3 is 12.1 Å². The van der Waals surface area contributed by atoms with E-state index < -0.39 is 18.3 Å². The van der Waals surface area contributed by atoms with Gasteiger partial charge in [-0.2, -0.15) is 5.01 Å². The number of hydrogen-bond acceptors (Lipinski definition) is 6. The lowest BCUT2D eigenvalue weighted by Crippen LogP contribution is -2.66. The first kappa shape index (κ1) is 33.2. The molecule has 0 bridgehead atoms. The predicted molar refractivity (Wildman–Crippen MR) is 186 cm³/mol. The van der Waals surface area contributed by atoms with Gasteiger partial charge in [-0.05, 0) is 39.6 Å². The number of hydrazine groups is 1. The van der Waals surface area contributed by atoms with Crippen molar-refractivity contribution in [3.8, 4) is 5.75 Å². The number of nitrogens with zero attached hydrogens (tertiary/aromatic N) is 5. The van der Waals surface area contributed by atoms with Gasteiger partial charge in [0, 0.05) is 33.6 Å². The monoisotopic (exact) mass is 660 g/mol. The second kappa shape index (κ2) is 14.6. The maximum absolute atomic E-state index is 14.4. The Morgan fingerprint density at radius 2 is 1.63 bits per heavy atom. The molecule has 0 radical (unpaired) electrons. The smallest absolute Gasteiger partial charge is 0.410 e. The van der Waals surface area contributed by atoms with Gasteiger partial charge in [-0.25, -0.2) is 9.59 Å². The van der Waals surface area contributed by atoms with Crippen molar-refractivity contribution < 1.29 is 23.9 Å². The van der Waals surface area contributed by atoms with Crippen molar-refractivity contribution in [2.45, 2.75) is 31.7 Å². The highest BCUT2D eigenvalue weighted by Crippen LogP contribution is 2.31. The average Bonchev–Trinajstić information content (AvgIpc) is 3.44. The Morgan fingerprint density at radius 3 is 2.37 bits per heavy atom. The highest BCUT2D eigenvalue weighted by atomic mass is 16.6. The van der Waals surface area contributed by atoms with E-state index in [4.69, 9.17) is 4.74 Å². The maximum Gasteiger partial charge on any atom is 0.414 e. The predicted octanol–water partition coefficient (Wildman–Crippen LogP) is 4.64. The summed E-state index contributed by atoms with van der Waals surface area (Å²) in [6, 6.07) is 29.4. The fourth-order valence-electron chi connectivity index (χ4n) is 6.43. The van der Waals surface area contributed by atoms with Crippen LogP contribution in [0.1, 0.15) is 16.7 Å². The molecule has 0 unspecified atom stereocenters. The van der Waals surface area contributed by atoms with Crippen molar-refractivity contribution in [1.29, 1.82) is 0 Å². The van der Waals surface area contributed by atoms with Gasteiger partial charge in [0.25, 0.3) is 0 Å². The first-order valence-electron chi connectivity index (χ1n) is 16.2. The molecule has 0 spiro atoms. The topological polar surface area (TPSA) is 106 Å². The Hall–Kier alpha value is -5.68. The third kappa shape index (κ3) is 7.26. The Balaban J connectivity index is 1.30. The van der Waals surface area contributed by atoms with Gasteiger partial charge in [-0.1, -0.05) is 91.0 Å². The molecule has 5 amide bonds. The molecule has 0 aliphatic carbocycles. The molecule has 2 aliphatic heterocycles. The fourth-order valence-corrected chi connectivity index (χ4v) is 6.43. The summed E-state index contributed by atoms with van der Waals surface area (Å²) in [4.78, 5) is 58.6. The van der Waals surface area contributed by atoms with Crippen molar-refractivity contribution in [1.82, 2.24) is 30.0 Å². The van der Waals surface area contributed by atoms with Crippen molar-refractivity contribution in [3.63, 3.8) is 0 Å². The molecule has 4 aromatic rings. The minimum Gasteiger partial charge on any atom is -0.410 e. The largest absolute Gasteiger partial charge is 0.414 e. The number of benzene rings is 4. The number of carbonyl (C=O) groups is 4. The molecule has 0 aromatic heterocycles. The summed E-state index contributed by atoms with van der Waals surface area (Å²) in [5.74, 6) is -0.0428. The standard InChI is InChI=1S/C38H40N6O5/c1-4-21-42(37(47)39-23-28-11-6-5-7-12-28)43-26-35(45)44-33(22-27-17-19-31(20-18-27)49-38(48)40(2)3)36(46)41(25-34(43)44)24-30-15-10-14-29-13-8-9-16-32(29)30/h4-20,33-34H,1,21-26H2,2-3H3,(H,39,47)/t33-,34+/m0/s1. The highest BCUT2D eigenvalue weighted by molar-refractivity contribution is 5.92. The Labute approximate surface area is 285 Å². The van der Waals surface area contributed by atoms with Crippen LogP contribution in [0.5, 0.6) is 5.75 Å². The number of fused-ring (bicyclic) bond motifs is 2. The van der Waals surface area contributed by atoms with E-state index >= 15 is 0 Å². The van der Waals surface area contributed by atoms with Crippen LogP contribution in [0.25, 0.3) is 10.8 Å². The van der Waals surface area contributed by atoms with E-state index in [1.54, 1.807) is 59.2 Å². The van der Waals surface area contributed by atoms with Gasteiger partial charge in [-0.15, -0.1) is 6.58 Å². The fraction of sp³-hybridized carbons (Fsp3) is 0.263. The molecule has 1 N–H and O–H groups in total. The van der Waals surface area contributed by atoms with E-state index in [0.29, 0.717) is 18.8 Å². The number of rotatable bonds is 10. The van der Waals surface area contributed by atoms with Crippen LogP contribution in [0.15, 0.2) is 110 Å². The van der Waals surface area contributed by atoms with Crippen LogP contribution < -0.4 is 10.1 Å². The summed E-state index contributed by atoms with van der Waals surface area (Å²) in [5.41, 5.74) is 2.73. The lowest BCUT2D eigenvalue weighted by molar-refractivity contribution is -0.157. The summed E-state index contributed by atoms with van der Waals surface area (Å²) in [6.07, 6.45) is 0.777. The van der Waals surface area contributed by atoms with Gasteiger partial charge in [0.1, 0.15) is 18.0 Å². The average molecular weight is 661 g/mol. The number of nitrogens with one attached hydrogen (secondary N) is 1. The normalized spacial score (nSPS) is 17.5. The van der Waals surface area contributed by atoms with E-state index in [2.05, 4.69) is 11.9 Å². The van der Waals surface area contributed by atoms with Crippen LogP contribution in [-0.4, -0.2) is 94.6 Å². The summed E-state index contributed by atoms with van der Waals surface area (Å²) in [5, 5.41) is 8.36. The number of piperazine rings is 1. The van der Waals surface area contributed by atoms with Gasteiger partial charge in [0.15, 0.2) is 0 Å². The molecular formula is C38H40N6O5. The van der Waals surface area contributed by atoms with E-state index in [0.717, 1.165) is 27.5 Å². The summed E-state index contributed by atoms with van der Waals surface area (Å²) >= 11 is 0. The van der Waals surface area contributed by atoms with Crippen LogP contribution in [0.4, 0.5) is 9.59 Å². The lowest BCUT2D eigenvalue weighted by Gasteiger charge is -2.46. The number of ether oxygens (including phenoxy) is 1. The van der Waals surface area contributed by atoms with Crippen LogP contribution >= 0.6 is 0 Å². The lowest BCUT2D eigenvalue weighted by atomic mass is 9.99. The molecule has 0 saturated carbocycles. The minimum absolute atomic E-state index is 0.0669. The molecule has 6 rings (SSSR count). The molecular weight excluding hydrogens is 620 g/mol. The van der Waals surface area contributed by atoms with Gasteiger partial charge in [-0.3, -0.25) is 14.6 Å². The number of carbonyl (C=O) groups excluding carboxylic acids is 4. The minimum atomic E-state index is -0.820. The second-order valence-corrected chi connectivity index (χ2v) is 12.4. The van der Waals surface area contributed by atoms with Crippen molar-refractivity contribution >= 4 is 34.7 Å². The molecule has 2 heterocycles. The number of amides is 5.